The number of tetrazole rings is 1. The van der Waals surface area contributed by atoms with Gasteiger partial charge in [0.15, 0.2) is 5.82 Å². The van der Waals surface area contributed by atoms with Crippen LogP contribution in [-0.2, 0) is 23.2 Å². The first-order valence-electron chi connectivity index (χ1n) is 6.28. The second-order valence-corrected chi connectivity index (χ2v) is 4.99. The molecule has 2 heterocycles. The van der Waals surface area contributed by atoms with Crippen LogP contribution in [0.4, 0.5) is 0 Å². The van der Waals surface area contributed by atoms with Gasteiger partial charge in [0.05, 0.1) is 13.6 Å². The molecule has 2 amide bonds. The highest BCUT2D eigenvalue weighted by molar-refractivity contribution is 5.90. The summed E-state index contributed by atoms with van der Waals surface area (Å²) in [6.45, 7) is 4.48. The van der Waals surface area contributed by atoms with Gasteiger partial charge in [0.1, 0.15) is 6.04 Å². The van der Waals surface area contributed by atoms with E-state index in [1.165, 1.54) is 4.80 Å². The van der Waals surface area contributed by atoms with Crippen LogP contribution >= 0.6 is 0 Å². The Labute approximate surface area is 111 Å². The van der Waals surface area contributed by atoms with Gasteiger partial charge in [0, 0.05) is 13.0 Å². The van der Waals surface area contributed by atoms with E-state index in [1.807, 2.05) is 13.8 Å². The molecule has 1 aromatic heterocycles. The molecule has 1 saturated heterocycles. The number of carbonyl (C=O) groups excluding carboxylic acids is 2. The molecule has 104 valence electrons. The predicted octanol–water partition coefficient (Wildman–Crippen LogP) is -0.917. The Kier molecular flexibility index (Phi) is 3.77. The van der Waals surface area contributed by atoms with Crippen LogP contribution in [0.3, 0.4) is 0 Å². The number of carbonyl (C=O) groups is 2. The first-order chi connectivity index (χ1) is 8.97. The Morgan fingerprint density at radius 2 is 2.16 bits per heavy atom. The first kappa shape index (κ1) is 13.4. The summed E-state index contributed by atoms with van der Waals surface area (Å²) in [6.07, 6.45) is 0.301. The van der Waals surface area contributed by atoms with Gasteiger partial charge in [-0.3, -0.25) is 9.59 Å². The second-order valence-electron chi connectivity index (χ2n) is 4.99. The molecule has 0 saturated carbocycles. The van der Waals surface area contributed by atoms with Crippen LogP contribution in [0.2, 0.25) is 0 Å². The topological polar surface area (TPSA) is 93.0 Å². The fourth-order valence-electron chi connectivity index (χ4n) is 2.02. The summed E-state index contributed by atoms with van der Waals surface area (Å²) in [6, 6.07) is -0.480. The zero-order valence-corrected chi connectivity index (χ0v) is 11.3. The maximum Gasteiger partial charge on any atom is 0.245 e. The van der Waals surface area contributed by atoms with E-state index < -0.39 is 6.04 Å². The van der Waals surface area contributed by atoms with E-state index in [2.05, 4.69) is 20.7 Å². The summed E-state index contributed by atoms with van der Waals surface area (Å²) in [7, 11) is 1.67. The summed E-state index contributed by atoms with van der Waals surface area (Å²) in [4.78, 5) is 26.9. The maximum absolute atomic E-state index is 12.4. The van der Waals surface area contributed by atoms with Gasteiger partial charge in [-0.2, -0.15) is 4.80 Å². The molecule has 0 bridgehead atoms. The van der Waals surface area contributed by atoms with E-state index in [-0.39, 0.29) is 24.3 Å². The Balaban J connectivity index is 2.14. The Bertz CT molecular complexity index is 483. The first-order valence-corrected chi connectivity index (χ1v) is 6.28. The van der Waals surface area contributed by atoms with E-state index in [1.54, 1.807) is 11.9 Å². The van der Waals surface area contributed by atoms with Crippen LogP contribution < -0.4 is 5.32 Å². The highest BCUT2D eigenvalue weighted by atomic mass is 16.2. The molecule has 1 aliphatic heterocycles. The minimum atomic E-state index is -0.480. The van der Waals surface area contributed by atoms with Crippen molar-refractivity contribution in [3.8, 4) is 0 Å². The van der Waals surface area contributed by atoms with Crippen molar-refractivity contribution in [2.24, 2.45) is 13.0 Å². The summed E-state index contributed by atoms with van der Waals surface area (Å²) in [5.74, 6) is 0.342. The number of aromatic nitrogens is 4. The number of rotatable bonds is 3. The molecule has 0 aromatic carbocycles. The van der Waals surface area contributed by atoms with Gasteiger partial charge in [-0.15, -0.1) is 10.2 Å². The molecular weight excluding hydrogens is 248 g/mol. The van der Waals surface area contributed by atoms with Crippen molar-refractivity contribution in [2.45, 2.75) is 32.9 Å². The number of aryl methyl sites for hydroxylation is 1. The molecular formula is C11H18N6O2. The van der Waals surface area contributed by atoms with E-state index >= 15 is 0 Å². The van der Waals surface area contributed by atoms with Crippen molar-refractivity contribution in [3.63, 3.8) is 0 Å². The summed E-state index contributed by atoms with van der Waals surface area (Å²) < 4.78 is 0. The lowest BCUT2D eigenvalue weighted by Crippen LogP contribution is -2.47. The highest BCUT2D eigenvalue weighted by Crippen LogP contribution is 2.12. The van der Waals surface area contributed by atoms with Crippen LogP contribution in [0.1, 0.15) is 26.1 Å². The number of hydrogen-bond acceptors (Lipinski definition) is 5. The van der Waals surface area contributed by atoms with E-state index in [9.17, 15) is 9.59 Å². The van der Waals surface area contributed by atoms with E-state index in [0.717, 1.165) is 0 Å². The molecule has 1 fully saturated rings. The number of amides is 2. The lowest BCUT2D eigenvalue weighted by atomic mass is 10.0. The fourth-order valence-corrected chi connectivity index (χ4v) is 2.02. The SMILES string of the molecule is CC(C)C1NC(=O)CCN(Cc2nnn(C)n2)C1=O. The molecule has 0 radical (unpaired) electrons. The fraction of sp³-hybridized carbons (Fsp3) is 0.727. The second kappa shape index (κ2) is 5.33. The van der Waals surface area contributed by atoms with Crippen LogP contribution in [0.25, 0.3) is 0 Å². The Morgan fingerprint density at radius 1 is 1.42 bits per heavy atom. The van der Waals surface area contributed by atoms with Crippen LogP contribution in [0.5, 0.6) is 0 Å². The minimum Gasteiger partial charge on any atom is -0.344 e. The average molecular weight is 266 g/mol. The standard InChI is InChI=1S/C11H18N6O2/c1-7(2)10-11(19)17(5-4-9(18)12-10)6-8-13-15-16(3)14-8/h7,10H,4-6H2,1-3H3,(H,12,18). The van der Waals surface area contributed by atoms with Crippen molar-refractivity contribution in [2.75, 3.05) is 6.54 Å². The van der Waals surface area contributed by atoms with Gasteiger partial charge in [-0.05, 0) is 11.1 Å². The third-order valence-electron chi connectivity index (χ3n) is 3.05. The molecule has 1 aromatic rings. The van der Waals surface area contributed by atoms with Gasteiger partial charge in [0.2, 0.25) is 11.8 Å². The monoisotopic (exact) mass is 266 g/mol. The normalized spacial score (nSPS) is 20.6. The molecule has 8 nitrogen and oxygen atoms in total. The Hall–Kier alpha value is -1.99. The maximum atomic E-state index is 12.4. The van der Waals surface area contributed by atoms with Crippen molar-refractivity contribution in [1.29, 1.82) is 0 Å². The molecule has 8 heteroatoms. The smallest absolute Gasteiger partial charge is 0.245 e. The largest absolute Gasteiger partial charge is 0.344 e. The lowest BCUT2D eigenvalue weighted by molar-refractivity contribution is -0.135. The third-order valence-corrected chi connectivity index (χ3v) is 3.05. The van der Waals surface area contributed by atoms with Gasteiger partial charge in [-0.1, -0.05) is 13.8 Å². The Morgan fingerprint density at radius 3 is 2.74 bits per heavy atom. The molecule has 1 N–H and O–H groups in total. The number of hydrogen-bond donors (Lipinski definition) is 1. The summed E-state index contributed by atoms with van der Waals surface area (Å²) in [5.41, 5.74) is 0. The average Bonchev–Trinajstić information content (AvgIpc) is 2.69. The molecule has 0 aliphatic carbocycles. The summed E-state index contributed by atoms with van der Waals surface area (Å²) in [5, 5.41) is 14.4. The predicted molar refractivity (Wildman–Crippen MR) is 65.6 cm³/mol. The zero-order valence-electron chi connectivity index (χ0n) is 11.3. The van der Waals surface area contributed by atoms with Gasteiger partial charge >= 0.3 is 0 Å². The van der Waals surface area contributed by atoms with Crippen LogP contribution in [-0.4, -0.2) is 49.5 Å². The van der Waals surface area contributed by atoms with Crippen molar-refractivity contribution < 1.29 is 9.59 Å². The van der Waals surface area contributed by atoms with Crippen molar-refractivity contribution in [1.82, 2.24) is 30.4 Å². The van der Waals surface area contributed by atoms with Gasteiger partial charge in [0.25, 0.3) is 0 Å². The van der Waals surface area contributed by atoms with Gasteiger partial charge < -0.3 is 10.2 Å². The molecule has 1 atom stereocenters. The van der Waals surface area contributed by atoms with E-state index in [0.29, 0.717) is 18.8 Å². The molecule has 19 heavy (non-hydrogen) atoms. The van der Waals surface area contributed by atoms with Crippen LogP contribution in [0, 0.1) is 5.92 Å². The highest BCUT2D eigenvalue weighted by Gasteiger charge is 2.32. The quantitative estimate of drug-likeness (QED) is 0.764. The molecule has 2 rings (SSSR count). The van der Waals surface area contributed by atoms with Crippen LogP contribution in [0.15, 0.2) is 0 Å². The minimum absolute atomic E-state index is 0.0480. The number of nitrogens with one attached hydrogen (secondary N) is 1. The molecule has 1 aliphatic rings. The van der Waals surface area contributed by atoms with Crippen molar-refractivity contribution in [3.05, 3.63) is 5.82 Å². The van der Waals surface area contributed by atoms with E-state index in [4.69, 9.17) is 0 Å². The van der Waals surface area contributed by atoms with Crippen molar-refractivity contribution >= 4 is 11.8 Å². The molecule has 1 unspecified atom stereocenters. The zero-order chi connectivity index (χ0) is 14.0. The summed E-state index contributed by atoms with van der Waals surface area (Å²) >= 11 is 0. The number of nitrogens with zero attached hydrogens (tertiary/aromatic N) is 5. The lowest BCUT2D eigenvalue weighted by Gasteiger charge is -2.24. The molecule has 0 spiro atoms. The third kappa shape index (κ3) is 3.07. The van der Waals surface area contributed by atoms with Gasteiger partial charge in [-0.25, -0.2) is 0 Å².